The second-order valence-corrected chi connectivity index (χ2v) is 6.43. The summed E-state index contributed by atoms with van der Waals surface area (Å²) in [5.41, 5.74) is 2.50. The lowest BCUT2D eigenvalue weighted by Gasteiger charge is -2.08. The summed E-state index contributed by atoms with van der Waals surface area (Å²) in [6.07, 6.45) is 0. The lowest BCUT2D eigenvalue weighted by molar-refractivity contribution is 1.17. The Morgan fingerprint density at radius 2 is 1.89 bits per heavy atom. The highest BCUT2D eigenvalue weighted by atomic mass is 79.9. The molecule has 0 amide bonds. The van der Waals surface area contributed by atoms with Gasteiger partial charge in [-0.2, -0.15) is 0 Å². The molecule has 1 N–H and O–H groups in total. The SMILES string of the molecule is Brc1cc(CNc2cccc3ccccc23)cs1. The molecule has 90 valence electrons. The Morgan fingerprint density at radius 1 is 1.06 bits per heavy atom. The molecule has 1 heterocycles. The summed E-state index contributed by atoms with van der Waals surface area (Å²) in [5, 5.41) is 8.22. The third kappa shape index (κ3) is 2.42. The Kier molecular flexibility index (Phi) is 3.35. The van der Waals surface area contributed by atoms with Crippen molar-refractivity contribution in [3.63, 3.8) is 0 Å². The van der Waals surface area contributed by atoms with Crippen LogP contribution < -0.4 is 5.32 Å². The number of hydrogen-bond acceptors (Lipinski definition) is 2. The number of hydrogen-bond donors (Lipinski definition) is 1. The van der Waals surface area contributed by atoms with Crippen LogP contribution in [0.2, 0.25) is 0 Å². The molecule has 3 heteroatoms. The van der Waals surface area contributed by atoms with Crippen molar-refractivity contribution >= 4 is 43.7 Å². The molecule has 0 unspecified atom stereocenters. The molecule has 1 aromatic heterocycles. The molecule has 0 saturated heterocycles. The van der Waals surface area contributed by atoms with E-state index in [9.17, 15) is 0 Å². The molecule has 3 aromatic rings. The normalized spacial score (nSPS) is 10.7. The van der Waals surface area contributed by atoms with Gasteiger partial charge in [0, 0.05) is 17.6 Å². The molecule has 1 nitrogen and oxygen atoms in total. The topological polar surface area (TPSA) is 12.0 Å². The number of benzene rings is 2. The van der Waals surface area contributed by atoms with Crippen molar-refractivity contribution in [1.29, 1.82) is 0 Å². The molecule has 0 aliphatic heterocycles. The molecule has 0 radical (unpaired) electrons. The van der Waals surface area contributed by atoms with Crippen molar-refractivity contribution in [2.24, 2.45) is 0 Å². The molecule has 18 heavy (non-hydrogen) atoms. The Labute approximate surface area is 119 Å². The van der Waals surface area contributed by atoms with Gasteiger partial charge in [-0.15, -0.1) is 11.3 Å². The minimum Gasteiger partial charge on any atom is -0.380 e. The van der Waals surface area contributed by atoms with E-state index in [4.69, 9.17) is 0 Å². The number of halogens is 1. The van der Waals surface area contributed by atoms with Gasteiger partial charge in [0.15, 0.2) is 0 Å². The smallest absolute Gasteiger partial charge is 0.0701 e. The van der Waals surface area contributed by atoms with Gasteiger partial charge in [0.1, 0.15) is 0 Å². The maximum atomic E-state index is 3.50. The van der Waals surface area contributed by atoms with Crippen molar-refractivity contribution in [1.82, 2.24) is 0 Å². The number of fused-ring (bicyclic) bond motifs is 1. The Bertz CT molecular complexity index is 670. The molecule has 0 fully saturated rings. The highest BCUT2D eigenvalue weighted by molar-refractivity contribution is 9.11. The summed E-state index contributed by atoms with van der Waals surface area (Å²) in [5.74, 6) is 0. The van der Waals surface area contributed by atoms with Crippen LogP contribution in [0.15, 0.2) is 57.7 Å². The van der Waals surface area contributed by atoms with E-state index >= 15 is 0 Å². The Hall–Kier alpha value is -1.32. The van der Waals surface area contributed by atoms with E-state index in [1.165, 1.54) is 25.8 Å². The molecule has 3 rings (SSSR count). The fourth-order valence-electron chi connectivity index (χ4n) is 2.02. The van der Waals surface area contributed by atoms with Crippen LogP contribution in [0, 0.1) is 0 Å². The Morgan fingerprint density at radius 3 is 2.72 bits per heavy atom. The summed E-state index contributed by atoms with van der Waals surface area (Å²) < 4.78 is 1.18. The lowest BCUT2D eigenvalue weighted by atomic mass is 10.1. The van der Waals surface area contributed by atoms with Gasteiger partial charge < -0.3 is 5.32 Å². The third-order valence-electron chi connectivity index (χ3n) is 2.89. The molecular weight excluding hydrogens is 306 g/mol. The summed E-state index contributed by atoms with van der Waals surface area (Å²) in [7, 11) is 0. The maximum Gasteiger partial charge on any atom is 0.0701 e. The first-order valence-corrected chi connectivity index (χ1v) is 7.45. The quantitative estimate of drug-likeness (QED) is 0.693. The molecule has 0 aliphatic carbocycles. The van der Waals surface area contributed by atoms with Gasteiger partial charge >= 0.3 is 0 Å². The minimum atomic E-state index is 0.857. The second kappa shape index (κ2) is 5.12. The van der Waals surface area contributed by atoms with Gasteiger partial charge in [-0.05, 0) is 44.4 Å². The predicted octanol–water partition coefficient (Wildman–Crippen LogP) is 5.28. The molecule has 0 bridgehead atoms. The van der Waals surface area contributed by atoms with E-state index in [0.717, 1.165) is 6.54 Å². The van der Waals surface area contributed by atoms with Crippen LogP contribution in [0.4, 0.5) is 5.69 Å². The van der Waals surface area contributed by atoms with Crippen LogP contribution in [0.1, 0.15) is 5.56 Å². The summed E-state index contributed by atoms with van der Waals surface area (Å²) >= 11 is 5.21. The van der Waals surface area contributed by atoms with Crippen molar-refractivity contribution < 1.29 is 0 Å². The Balaban J connectivity index is 1.86. The van der Waals surface area contributed by atoms with Gasteiger partial charge in [0.2, 0.25) is 0 Å². The van der Waals surface area contributed by atoms with Crippen molar-refractivity contribution in [3.05, 3.63) is 63.3 Å². The van der Waals surface area contributed by atoms with Crippen molar-refractivity contribution in [2.45, 2.75) is 6.54 Å². The zero-order chi connectivity index (χ0) is 12.4. The molecule has 0 spiro atoms. The van der Waals surface area contributed by atoms with E-state index in [1.807, 2.05) is 0 Å². The van der Waals surface area contributed by atoms with Gasteiger partial charge in [0.05, 0.1) is 3.79 Å². The van der Waals surface area contributed by atoms with Crippen LogP contribution in [0.25, 0.3) is 10.8 Å². The van der Waals surface area contributed by atoms with Gasteiger partial charge in [-0.3, -0.25) is 0 Å². The average Bonchev–Trinajstić information content (AvgIpc) is 2.82. The van der Waals surface area contributed by atoms with Crippen LogP contribution >= 0.6 is 27.3 Å². The summed E-state index contributed by atoms with van der Waals surface area (Å²) in [6, 6.07) is 17.0. The predicted molar refractivity (Wildman–Crippen MR) is 83.3 cm³/mol. The highest BCUT2D eigenvalue weighted by Crippen LogP contribution is 2.25. The zero-order valence-corrected chi connectivity index (χ0v) is 12.1. The molecular formula is C15H12BrNS. The first-order valence-electron chi connectivity index (χ1n) is 5.77. The van der Waals surface area contributed by atoms with Crippen LogP contribution in [-0.4, -0.2) is 0 Å². The van der Waals surface area contributed by atoms with E-state index in [1.54, 1.807) is 11.3 Å². The average molecular weight is 318 g/mol. The summed E-state index contributed by atoms with van der Waals surface area (Å²) in [4.78, 5) is 0. The highest BCUT2D eigenvalue weighted by Gasteiger charge is 2.01. The molecule has 0 aliphatic rings. The van der Waals surface area contributed by atoms with E-state index in [0.29, 0.717) is 0 Å². The molecule has 0 saturated carbocycles. The molecule has 0 atom stereocenters. The molecule has 2 aromatic carbocycles. The number of nitrogens with one attached hydrogen (secondary N) is 1. The van der Waals surface area contributed by atoms with Gasteiger partial charge in [-0.25, -0.2) is 0 Å². The van der Waals surface area contributed by atoms with E-state index in [-0.39, 0.29) is 0 Å². The fraction of sp³-hybridized carbons (Fsp3) is 0.0667. The van der Waals surface area contributed by atoms with E-state index in [2.05, 4.69) is 75.2 Å². The van der Waals surface area contributed by atoms with Crippen molar-refractivity contribution in [3.8, 4) is 0 Å². The first kappa shape index (κ1) is 11.8. The standard InChI is InChI=1S/C15H12BrNS/c16-15-8-11(10-18-15)9-17-14-7-3-5-12-4-1-2-6-13(12)14/h1-8,10,17H,9H2. The van der Waals surface area contributed by atoms with Crippen LogP contribution in [-0.2, 0) is 6.54 Å². The monoisotopic (exact) mass is 317 g/mol. The largest absolute Gasteiger partial charge is 0.380 e. The minimum absolute atomic E-state index is 0.857. The third-order valence-corrected chi connectivity index (χ3v) is 4.45. The lowest BCUT2D eigenvalue weighted by Crippen LogP contribution is -1.98. The van der Waals surface area contributed by atoms with Gasteiger partial charge in [-0.1, -0.05) is 36.4 Å². The maximum absolute atomic E-state index is 3.50. The van der Waals surface area contributed by atoms with Crippen LogP contribution in [0.5, 0.6) is 0 Å². The summed E-state index contributed by atoms with van der Waals surface area (Å²) in [6.45, 7) is 0.857. The zero-order valence-electron chi connectivity index (χ0n) is 9.69. The first-order chi connectivity index (χ1) is 8.83. The second-order valence-electron chi connectivity index (χ2n) is 4.14. The fourth-order valence-corrected chi connectivity index (χ4v) is 3.22. The van der Waals surface area contributed by atoms with Gasteiger partial charge in [0.25, 0.3) is 0 Å². The number of thiophene rings is 1. The van der Waals surface area contributed by atoms with Crippen molar-refractivity contribution in [2.75, 3.05) is 5.32 Å². The number of rotatable bonds is 3. The van der Waals surface area contributed by atoms with E-state index < -0.39 is 0 Å². The number of anilines is 1. The van der Waals surface area contributed by atoms with Crippen LogP contribution in [0.3, 0.4) is 0 Å².